The van der Waals surface area contributed by atoms with E-state index in [9.17, 15) is 4.79 Å². The van der Waals surface area contributed by atoms with E-state index in [1.807, 2.05) is 36.2 Å². The zero-order chi connectivity index (χ0) is 15.7. The zero-order valence-corrected chi connectivity index (χ0v) is 13.1. The number of likely N-dealkylation sites (N-methyl/N-ethyl adjacent to an activating group) is 1. The first-order chi connectivity index (χ1) is 10.0. The second kappa shape index (κ2) is 9.17. The van der Waals surface area contributed by atoms with Gasteiger partial charge in [-0.25, -0.2) is 0 Å². The van der Waals surface area contributed by atoms with E-state index in [4.69, 9.17) is 5.73 Å². The third-order valence-electron chi connectivity index (χ3n) is 2.90. The molecule has 1 aromatic carbocycles. The molecule has 3 N–H and O–H groups in total. The van der Waals surface area contributed by atoms with Gasteiger partial charge in [-0.15, -0.1) is 0 Å². The number of hydrogen-bond acceptors (Lipinski definition) is 3. The van der Waals surface area contributed by atoms with Gasteiger partial charge in [0, 0.05) is 18.7 Å². The molecule has 21 heavy (non-hydrogen) atoms. The molecule has 0 saturated carbocycles. The fourth-order valence-electron chi connectivity index (χ4n) is 1.89. The van der Waals surface area contributed by atoms with Crippen molar-refractivity contribution in [1.82, 2.24) is 10.2 Å². The lowest BCUT2D eigenvalue weighted by atomic mass is 10.1. The SMILES string of the molecule is CC(C)CNC(=O)CN(C)Cc1ccccc1C#CCN. The molecular weight excluding hydrogens is 262 g/mol. The van der Waals surface area contributed by atoms with Gasteiger partial charge < -0.3 is 11.1 Å². The average Bonchev–Trinajstić information content (AvgIpc) is 2.44. The van der Waals surface area contributed by atoms with Crippen LogP contribution in [0.5, 0.6) is 0 Å². The van der Waals surface area contributed by atoms with Crippen molar-refractivity contribution >= 4 is 5.91 Å². The van der Waals surface area contributed by atoms with Crippen LogP contribution in [0.15, 0.2) is 24.3 Å². The lowest BCUT2D eigenvalue weighted by molar-refractivity contribution is -0.122. The first-order valence-electron chi connectivity index (χ1n) is 7.25. The van der Waals surface area contributed by atoms with Crippen LogP contribution in [0.3, 0.4) is 0 Å². The van der Waals surface area contributed by atoms with Crippen molar-refractivity contribution in [3.05, 3.63) is 35.4 Å². The van der Waals surface area contributed by atoms with Crippen LogP contribution in [-0.4, -0.2) is 37.5 Å². The number of carbonyl (C=O) groups excluding carboxylic acids is 1. The summed E-state index contributed by atoms with van der Waals surface area (Å²) < 4.78 is 0. The van der Waals surface area contributed by atoms with Crippen LogP contribution in [0.2, 0.25) is 0 Å². The van der Waals surface area contributed by atoms with Crippen LogP contribution in [0.4, 0.5) is 0 Å². The van der Waals surface area contributed by atoms with Crippen LogP contribution in [0, 0.1) is 17.8 Å². The summed E-state index contributed by atoms with van der Waals surface area (Å²) in [5.41, 5.74) is 7.49. The molecule has 4 nitrogen and oxygen atoms in total. The highest BCUT2D eigenvalue weighted by Crippen LogP contribution is 2.09. The number of benzene rings is 1. The van der Waals surface area contributed by atoms with Gasteiger partial charge in [0.25, 0.3) is 0 Å². The lowest BCUT2D eigenvalue weighted by Gasteiger charge is -2.17. The maximum absolute atomic E-state index is 11.8. The third kappa shape index (κ3) is 6.94. The Hall–Kier alpha value is -1.83. The maximum Gasteiger partial charge on any atom is 0.234 e. The second-order valence-electron chi connectivity index (χ2n) is 5.53. The summed E-state index contributed by atoms with van der Waals surface area (Å²) in [4.78, 5) is 13.8. The topological polar surface area (TPSA) is 58.4 Å². The number of nitrogens with zero attached hydrogens (tertiary/aromatic N) is 1. The molecule has 4 heteroatoms. The second-order valence-corrected chi connectivity index (χ2v) is 5.53. The van der Waals surface area contributed by atoms with E-state index in [1.165, 1.54) is 0 Å². The quantitative estimate of drug-likeness (QED) is 0.773. The summed E-state index contributed by atoms with van der Waals surface area (Å²) in [6.45, 7) is 6.29. The van der Waals surface area contributed by atoms with E-state index in [0.29, 0.717) is 32.1 Å². The van der Waals surface area contributed by atoms with Crippen molar-refractivity contribution in [2.45, 2.75) is 20.4 Å². The Morgan fingerprint density at radius 1 is 1.38 bits per heavy atom. The summed E-state index contributed by atoms with van der Waals surface area (Å²) in [6, 6.07) is 7.95. The van der Waals surface area contributed by atoms with Crippen molar-refractivity contribution < 1.29 is 4.79 Å². The monoisotopic (exact) mass is 287 g/mol. The van der Waals surface area contributed by atoms with Crippen LogP contribution < -0.4 is 11.1 Å². The molecular formula is C17H25N3O. The average molecular weight is 287 g/mol. The Balaban J connectivity index is 2.58. The summed E-state index contributed by atoms with van der Waals surface area (Å²) in [6.07, 6.45) is 0. The van der Waals surface area contributed by atoms with Crippen LogP contribution in [0.25, 0.3) is 0 Å². The molecule has 0 radical (unpaired) electrons. The van der Waals surface area contributed by atoms with Crippen molar-refractivity contribution in [1.29, 1.82) is 0 Å². The molecule has 0 aliphatic rings. The van der Waals surface area contributed by atoms with Gasteiger partial charge in [-0.2, -0.15) is 0 Å². The molecule has 1 aromatic rings. The van der Waals surface area contributed by atoms with Gasteiger partial charge in [0.2, 0.25) is 5.91 Å². The largest absolute Gasteiger partial charge is 0.355 e. The lowest BCUT2D eigenvalue weighted by Crippen LogP contribution is -2.36. The van der Waals surface area contributed by atoms with Crippen LogP contribution in [0.1, 0.15) is 25.0 Å². The van der Waals surface area contributed by atoms with Crippen molar-refractivity contribution in [2.75, 3.05) is 26.7 Å². The number of rotatable bonds is 6. The predicted octanol–water partition coefficient (Wildman–Crippen LogP) is 1.20. The van der Waals surface area contributed by atoms with Gasteiger partial charge in [0.1, 0.15) is 0 Å². The van der Waals surface area contributed by atoms with E-state index in [0.717, 1.165) is 11.1 Å². The fourth-order valence-corrected chi connectivity index (χ4v) is 1.89. The Morgan fingerprint density at radius 2 is 2.10 bits per heavy atom. The molecule has 0 spiro atoms. The molecule has 0 saturated heterocycles. The van der Waals surface area contributed by atoms with Gasteiger partial charge in [-0.3, -0.25) is 9.69 Å². The summed E-state index contributed by atoms with van der Waals surface area (Å²) >= 11 is 0. The molecule has 0 aliphatic carbocycles. The Kier molecular flexibility index (Phi) is 7.52. The first-order valence-corrected chi connectivity index (χ1v) is 7.25. The highest BCUT2D eigenvalue weighted by Gasteiger charge is 2.09. The fraction of sp³-hybridized carbons (Fsp3) is 0.471. The van der Waals surface area contributed by atoms with Gasteiger partial charge in [-0.1, -0.05) is 43.9 Å². The van der Waals surface area contributed by atoms with E-state index in [1.54, 1.807) is 0 Å². The maximum atomic E-state index is 11.8. The van der Waals surface area contributed by atoms with Gasteiger partial charge in [-0.05, 0) is 24.6 Å². The Bertz CT molecular complexity index is 514. The van der Waals surface area contributed by atoms with E-state index < -0.39 is 0 Å². The van der Waals surface area contributed by atoms with E-state index in [-0.39, 0.29) is 5.91 Å². The number of nitrogens with one attached hydrogen (secondary N) is 1. The standard InChI is InChI=1S/C17H25N3O/c1-14(2)11-19-17(21)13-20(3)12-16-8-5-4-7-15(16)9-6-10-18/h4-5,7-8,14H,10-13,18H2,1-3H3,(H,19,21). The van der Waals surface area contributed by atoms with Crippen LogP contribution >= 0.6 is 0 Å². The van der Waals surface area contributed by atoms with Crippen molar-refractivity contribution in [2.24, 2.45) is 11.7 Å². The molecule has 0 bridgehead atoms. The summed E-state index contributed by atoms with van der Waals surface area (Å²) in [5.74, 6) is 6.46. The zero-order valence-electron chi connectivity index (χ0n) is 13.1. The third-order valence-corrected chi connectivity index (χ3v) is 2.90. The predicted molar refractivity (Wildman–Crippen MR) is 86.6 cm³/mol. The molecule has 0 aromatic heterocycles. The number of carbonyl (C=O) groups is 1. The minimum absolute atomic E-state index is 0.0525. The van der Waals surface area contributed by atoms with Crippen molar-refractivity contribution in [3.63, 3.8) is 0 Å². The Morgan fingerprint density at radius 3 is 2.76 bits per heavy atom. The molecule has 1 rings (SSSR count). The van der Waals surface area contributed by atoms with Crippen molar-refractivity contribution in [3.8, 4) is 11.8 Å². The van der Waals surface area contributed by atoms with E-state index >= 15 is 0 Å². The summed E-state index contributed by atoms with van der Waals surface area (Å²) in [5, 5.41) is 2.92. The Labute approximate surface area is 127 Å². The van der Waals surface area contributed by atoms with Crippen LogP contribution in [-0.2, 0) is 11.3 Å². The first kappa shape index (κ1) is 17.2. The molecule has 1 amide bonds. The molecule has 114 valence electrons. The molecule has 0 aliphatic heterocycles. The smallest absolute Gasteiger partial charge is 0.234 e. The molecule has 0 fully saturated rings. The molecule has 0 unspecified atom stereocenters. The number of amides is 1. The number of nitrogens with two attached hydrogens (primary N) is 1. The highest BCUT2D eigenvalue weighted by molar-refractivity contribution is 5.77. The minimum atomic E-state index is 0.0525. The van der Waals surface area contributed by atoms with Gasteiger partial charge in [0.15, 0.2) is 0 Å². The van der Waals surface area contributed by atoms with Gasteiger partial charge in [0.05, 0.1) is 13.1 Å². The summed E-state index contributed by atoms with van der Waals surface area (Å²) in [7, 11) is 1.93. The normalized spacial score (nSPS) is 10.4. The van der Waals surface area contributed by atoms with Gasteiger partial charge >= 0.3 is 0 Å². The minimum Gasteiger partial charge on any atom is -0.355 e. The molecule has 0 atom stereocenters. The molecule has 0 heterocycles. The van der Waals surface area contributed by atoms with E-state index in [2.05, 4.69) is 31.0 Å². The highest BCUT2D eigenvalue weighted by atomic mass is 16.2. The number of hydrogen-bond donors (Lipinski definition) is 2.